The van der Waals surface area contributed by atoms with E-state index in [0.29, 0.717) is 5.95 Å². The van der Waals surface area contributed by atoms with Gasteiger partial charge in [0.25, 0.3) is 0 Å². The number of nitrogen functional groups attached to an aromatic ring is 1. The second-order valence-electron chi connectivity index (χ2n) is 5.84. The number of nitrogens with two attached hydrogens (primary N) is 1. The van der Waals surface area contributed by atoms with Gasteiger partial charge in [-0.15, -0.1) is 0 Å². The molecule has 1 aromatic heterocycles. The molecule has 3 N–H and O–H groups in total. The van der Waals surface area contributed by atoms with Gasteiger partial charge in [-0.25, -0.2) is 0 Å². The third-order valence-corrected chi connectivity index (χ3v) is 4.24. The number of benzene rings is 2. The summed E-state index contributed by atoms with van der Waals surface area (Å²) in [6.45, 7) is 1.89. The monoisotopic (exact) mass is 427 g/mol. The minimum absolute atomic E-state index is 0.0556. The summed E-state index contributed by atoms with van der Waals surface area (Å²) in [6, 6.07) is 15.2. The molecule has 8 heteroatoms. The molecule has 0 atom stereocenters. The van der Waals surface area contributed by atoms with E-state index < -0.39 is 0 Å². The molecular formula is C19H18BrN5O2. The van der Waals surface area contributed by atoms with E-state index in [1.807, 2.05) is 55.5 Å². The molecule has 138 valence electrons. The van der Waals surface area contributed by atoms with Gasteiger partial charge in [-0.05, 0) is 36.2 Å². The van der Waals surface area contributed by atoms with Crippen molar-refractivity contribution in [1.82, 2.24) is 15.0 Å². The van der Waals surface area contributed by atoms with Gasteiger partial charge in [0.15, 0.2) is 12.4 Å². The second-order valence-corrected chi connectivity index (χ2v) is 6.75. The predicted octanol–water partition coefficient (Wildman–Crippen LogP) is 3.55. The molecule has 7 nitrogen and oxygen atoms in total. The Morgan fingerprint density at radius 3 is 2.59 bits per heavy atom. The molecule has 3 rings (SSSR count). The van der Waals surface area contributed by atoms with Crippen LogP contribution in [0.15, 0.2) is 53.0 Å². The normalized spacial score (nSPS) is 10.4. The number of aryl methyl sites for hydroxylation is 1. The van der Waals surface area contributed by atoms with Crippen molar-refractivity contribution in [2.45, 2.75) is 20.0 Å². The number of halogens is 1. The molecule has 0 spiro atoms. The van der Waals surface area contributed by atoms with Crippen molar-refractivity contribution in [2.75, 3.05) is 11.1 Å². The van der Waals surface area contributed by atoms with Crippen LogP contribution in [0.3, 0.4) is 0 Å². The minimum Gasteiger partial charge on any atom is -0.457 e. The van der Waals surface area contributed by atoms with E-state index in [4.69, 9.17) is 10.5 Å². The van der Waals surface area contributed by atoms with Crippen LogP contribution in [0.4, 0.5) is 17.6 Å². The molecule has 0 bridgehead atoms. The number of esters is 1. The van der Waals surface area contributed by atoms with Crippen molar-refractivity contribution < 1.29 is 9.53 Å². The SMILES string of the molecule is Cc1ccccc1Nc1nc(N)nc(COC(=O)Cc2ccc(Br)cc2)n1. The average molecular weight is 428 g/mol. The van der Waals surface area contributed by atoms with Gasteiger partial charge in [-0.3, -0.25) is 4.79 Å². The van der Waals surface area contributed by atoms with Crippen molar-refractivity contribution in [1.29, 1.82) is 0 Å². The third-order valence-electron chi connectivity index (χ3n) is 3.71. The van der Waals surface area contributed by atoms with Crippen molar-refractivity contribution in [2.24, 2.45) is 0 Å². The Morgan fingerprint density at radius 2 is 1.85 bits per heavy atom. The van der Waals surface area contributed by atoms with Crippen molar-refractivity contribution in [3.63, 3.8) is 0 Å². The van der Waals surface area contributed by atoms with Gasteiger partial charge in [0, 0.05) is 10.2 Å². The van der Waals surface area contributed by atoms with E-state index in [-0.39, 0.29) is 30.8 Å². The minimum atomic E-state index is -0.371. The van der Waals surface area contributed by atoms with Gasteiger partial charge in [-0.1, -0.05) is 46.3 Å². The van der Waals surface area contributed by atoms with Crippen molar-refractivity contribution >= 4 is 39.5 Å². The standard InChI is InChI=1S/C19H18BrN5O2/c1-12-4-2-3-5-15(12)22-19-24-16(23-18(21)25-19)11-27-17(26)10-13-6-8-14(20)9-7-13/h2-9H,10-11H2,1H3,(H3,21,22,23,24,25). The lowest BCUT2D eigenvalue weighted by Gasteiger charge is -2.10. The molecule has 0 unspecified atom stereocenters. The second kappa shape index (κ2) is 8.59. The molecule has 0 amide bonds. The molecule has 0 aliphatic heterocycles. The zero-order valence-electron chi connectivity index (χ0n) is 14.6. The summed E-state index contributed by atoms with van der Waals surface area (Å²) in [5, 5.41) is 3.10. The quantitative estimate of drug-likeness (QED) is 0.579. The number of para-hydroxylation sites is 1. The van der Waals surface area contributed by atoms with Crippen molar-refractivity contribution in [3.05, 3.63) is 70.0 Å². The number of nitrogens with one attached hydrogen (secondary N) is 1. The molecule has 27 heavy (non-hydrogen) atoms. The number of anilines is 3. The van der Waals surface area contributed by atoms with Crippen LogP contribution in [-0.2, 0) is 22.6 Å². The Balaban J connectivity index is 1.63. The van der Waals surface area contributed by atoms with Gasteiger partial charge in [-0.2, -0.15) is 15.0 Å². The molecule has 3 aromatic rings. The zero-order valence-corrected chi connectivity index (χ0v) is 16.2. The Labute approximate surface area is 165 Å². The van der Waals surface area contributed by atoms with Crippen LogP contribution >= 0.6 is 15.9 Å². The number of carbonyl (C=O) groups is 1. The summed E-state index contributed by atoms with van der Waals surface area (Å²) in [7, 11) is 0. The maximum atomic E-state index is 12.0. The molecule has 2 aromatic carbocycles. The van der Waals surface area contributed by atoms with Crippen LogP contribution in [0.1, 0.15) is 17.0 Å². The summed E-state index contributed by atoms with van der Waals surface area (Å²) in [5.41, 5.74) is 8.51. The number of hydrogen-bond acceptors (Lipinski definition) is 7. The average Bonchev–Trinajstić information content (AvgIpc) is 2.63. The summed E-state index contributed by atoms with van der Waals surface area (Å²) in [6.07, 6.45) is 0.169. The summed E-state index contributed by atoms with van der Waals surface area (Å²) < 4.78 is 6.21. The topological polar surface area (TPSA) is 103 Å². The highest BCUT2D eigenvalue weighted by atomic mass is 79.9. The number of hydrogen-bond donors (Lipinski definition) is 2. The lowest BCUT2D eigenvalue weighted by atomic mass is 10.2. The van der Waals surface area contributed by atoms with E-state index in [9.17, 15) is 4.79 Å². The van der Waals surface area contributed by atoms with Crippen LogP contribution in [0.5, 0.6) is 0 Å². The highest BCUT2D eigenvalue weighted by Crippen LogP contribution is 2.18. The number of aromatic nitrogens is 3. The highest BCUT2D eigenvalue weighted by molar-refractivity contribution is 9.10. The lowest BCUT2D eigenvalue weighted by Crippen LogP contribution is -2.12. The number of ether oxygens (including phenoxy) is 1. The first kappa shape index (κ1) is 18.8. The van der Waals surface area contributed by atoms with E-state index in [2.05, 4.69) is 36.2 Å². The molecule has 0 fully saturated rings. The maximum Gasteiger partial charge on any atom is 0.310 e. The lowest BCUT2D eigenvalue weighted by molar-refractivity contribution is -0.144. The first-order valence-electron chi connectivity index (χ1n) is 8.23. The van der Waals surface area contributed by atoms with Gasteiger partial charge in [0.05, 0.1) is 6.42 Å². The fraction of sp³-hybridized carbons (Fsp3) is 0.158. The van der Waals surface area contributed by atoms with Crippen LogP contribution in [0.2, 0.25) is 0 Å². The van der Waals surface area contributed by atoms with E-state index >= 15 is 0 Å². The largest absolute Gasteiger partial charge is 0.457 e. The maximum absolute atomic E-state index is 12.0. The molecular weight excluding hydrogens is 410 g/mol. The van der Waals surface area contributed by atoms with E-state index in [1.54, 1.807) is 0 Å². The van der Waals surface area contributed by atoms with Crippen LogP contribution < -0.4 is 11.1 Å². The highest BCUT2D eigenvalue weighted by Gasteiger charge is 2.10. The zero-order chi connectivity index (χ0) is 19.2. The number of rotatable bonds is 6. The van der Waals surface area contributed by atoms with Crippen molar-refractivity contribution in [3.8, 4) is 0 Å². The fourth-order valence-corrected chi connectivity index (χ4v) is 2.62. The predicted molar refractivity (Wildman–Crippen MR) is 106 cm³/mol. The number of nitrogens with zero attached hydrogens (tertiary/aromatic N) is 3. The fourth-order valence-electron chi connectivity index (χ4n) is 2.36. The smallest absolute Gasteiger partial charge is 0.310 e. The molecule has 0 aliphatic rings. The van der Waals surface area contributed by atoms with Crippen LogP contribution in [0.25, 0.3) is 0 Å². The van der Waals surface area contributed by atoms with Gasteiger partial charge in [0.1, 0.15) is 0 Å². The van der Waals surface area contributed by atoms with E-state index in [1.165, 1.54) is 0 Å². The van der Waals surface area contributed by atoms with Gasteiger partial charge < -0.3 is 15.8 Å². The van der Waals surface area contributed by atoms with Gasteiger partial charge >= 0.3 is 5.97 Å². The Morgan fingerprint density at radius 1 is 1.11 bits per heavy atom. The summed E-state index contributed by atoms with van der Waals surface area (Å²) in [5.74, 6) is 0.267. The first-order valence-corrected chi connectivity index (χ1v) is 9.02. The summed E-state index contributed by atoms with van der Waals surface area (Å²) in [4.78, 5) is 24.4. The molecule has 0 aliphatic carbocycles. The van der Waals surface area contributed by atoms with E-state index in [0.717, 1.165) is 21.3 Å². The summed E-state index contributed by atoms with van der Waals surface area (Å²) >= 11 is 3.36. The molecule has 0 saturated carbocycles. The Bertz CT molecular complexity index is 947. The molecule has 0 radical (unpaired) electrons. The molecule has 1 heterocycles. The molecule has 0 saturated heterocycles. The Kier molecular flexibility index (Phi) is 5.97. The van der Waals surface area contributed by atoms with Crippen LogP contribution in [0, 0.1) is 6.92 Å². The number of carbonyl (C=O) groups excluding carboxylic acids is 1. The third kappa shape index (κ3) is 5.49. The first-order chi connectivity index (χ1) is 13.0. The van der Waals surface area contributed by atoms with Crippen LogP contribution in [-0.4, -0.2) is 20.9 Å². The van der Waals surface area contributed by atoms with Gasteiger partial charge in [0.2, 0.25) is 11.9 Å². The Hall–Kier alpha value is -3.00.